The minimum absolute atomic E-state index is 0.103. The van der Waals surface area contributed by atoms with Crippen LogP contribution in [0, 0.1) is 17.3 Å². The molecule has 1 aliphatic rings. The summed E-state index contributed by atoms with van der Waals surface area (Å²) in [5.41, 5.74) is 1.48. The topological polar surface area (TPSA) is 49.3 Å². The zero-order valence-corrected chi connectivity index (χ0v) is 12.3. The second-order valence-corrected chi connectivity index (χ2v) is 5.60. The quantitative estimate of drug-likeness (QED) is 0.838. The van der Waals surface area contributed by atoms with Crippen LogP contribution in [0.3, 0.4) is 0 Å². The first-order valence-electron chi connectivity index (χ1n) is 6.78. The van der Waals surface area contributed by atoms with Gasteiger partial charge in [-0.1, -0.05) is 30.4 Å². The van der Waals surface area contributed by atoms with Gasteiger partial charge in [-0.3, -0.25) is 4.79 Å². The molecule has 0 heterocycles. The SMILES string of the molecule is CCC1(CNC(=O)c2ccc(C#CCO)c(Cl)c2)CC1. The van der Waals surface area contributed by atoms with Gasteiger partial charge in [0.15, 0.2) is 0 Å². The molecule has 3 nitrogen and oxygen atoms in total. The molecule has 20 heavy (non-hydrogen) atoms. The lowest BCUT2D eigenvalue weighted by atomic mass is 10.0. The van der Waals surface area contributed by atoms with E-state index in [0.29, 0.717) is 21.6 Å². The maximum atomic E-state index is 12.1. The number of halogens is 1. The Morgan fingerprint density at radius 2 is 2.25 bits per heavy atom. The molecule has 1 aliphatic carbocycles. The Bertz CT molecular complexity index is 568. The molecule has 1 fully saturated rings. The van der Waals surface area contributed by atoms with Crippen LogP contribution in [-0.4, -0.2) is 24.2 Å². The highest BCUT2D eigenvalue weighted by Gasteiger charge is 2.40. The Morgan fingerprint density at radius 3 is 2.80 bits per heavy atom. The first kappa shape index (κ1) is 14.9. The van der Waals surface area contributed by atoms with E-state index in [1.165, 1.54) is 12.8 Å². The van der Waals surface area contributed by atoms with Gasteiger partial charge in [0.05, 0.1) is 5.02 Å². The lowest BCUT2D eigenvalue weighted by molar-refractivity contribution is 0.0944. The fraction of sp³-hybridized carbons (Fsp3) is 0.438. The Kier molecular flexibility index (Phi) is 4.69. The summed E-state index contributed by atoms with van der Waals surface area (Å²) in [6.45, 7) is 2.67. The van der Waals surface area contributed by atoms with Crippen LogP contribution in [0.1, 0.15) is 42.1 Å². The van der Waals surface area contributed by atoms with Crippen LogP contribution in [0.25, 0.3) is 0 Å². The predicted octanol–water partition coefficient (Wildman–Crippen LogP) is 2.60. The Balaban J connectivity index is 2.01. The number of hydrogen-bond acceptors (Lipinski definition) is 2. The van der Waals surface area contributed by atoms with E-state index < -0.39 is 0 Å². The number of carbonyl (C=O) groups is 1. The molecule has 0 atom stereocenters. The number of aliphatic hydroxyl groups excluding tert-OH is 1. The van der Waals surface area contributed by atoms with E-state index in [1.807, 2.05) is 0 Å². The molecule has 0 bridgehead atoms. The Hall–Kier alpha value is -1.50. The van der Waals surface area contributed by atoms with Crippen LogP contribution in [-0.2, 0) is 0 Å². The van der Waals surface area contributed by atoms with Crippen molar-refractivity contribution < 1.29 is 9.90 Å². The summed E-state index contributed by atoms with van der Waals surface area (Å²) in [4.78, 5) is 12.1. The largest absolute Gasteiger partial charge is 0.384 e. The minimum atomic E-state index is -0.211. The highest BCUT2D eigenvalue weighted by molar-refractivity contribution is 6.32. The third-order valence-corrected chi connectivity index (χ3v) is 4.18. The molecule has 0 unspecified atom stereocenters. The van der Waals surface area contributed by atoms with E-state index >= 15 is 0 Å². The summed E-state index contributed by atoms with van der Waals surface area (Å²) in [6.07, 6.45) is 3.49. The second-order valence-electron chi connectivity index (χ2n) is 5.19. The third-order valence-electron chi connectivity index (χ3n) is 3.86. The van der Waals surface area contributed by atoms with E-state index in [9.17, 15) is 4.79 Å². The van der Waals surface area contributed by atoms with Crippen LogP contribution in [0.4, 0.5) is 0 Å². The number of carbonyl (C=O) groups excluding carboxylic acids is 1. The molecule has 4 heteroatoms. The molecule has 0 aromatic heterocycles. The van der Waals surface area contributed by atoms with E-state index in [4.69, 9.17) is 16.7 Å². The van der Waals surface area contributed by atoms with Gasteiger partial charge in [-0.25, -0.2) is 0 Å². The summed E-state index contributed by atoms with van der Waals surface area (Å²) < 4.78 is 0. The molecule has 0 aliphatic heterocycles. The number of aliphatic hydroxyl groups is 1. The van der Waals surface area contributed by atoms with Gasteiger partial charge in [-0.2, -0.15) is 0 Å². The molecule has 1 aromatic carbocycles. The summed E-state index contributed by atoms with van der Waals surface area (Å²) in [6, 6.07) is 5.02. The first-order valence-corrected chi connectivity index (χ1v) is 7.15. The number of rotatable bonds is 4. The minimum Gasteiger partial charge on any atom is -0.384 e. The number of hydrogen-bond donors (Lipinski definition) is 2. The number of amides is 1. The zero-order valence-electron chi connectivity index (χ0n) is 11.5. The fourth-order valence-electron chi connectivity index (χ4n) is 2.09. The molecule has 2 N–H and O–H groups in total. The van der Waals surface area contributed by atoms with Gasteiger partial charge in [-0.05, 0) is 42.9 Å². The highest BCUT2D eigenvalue weighted by atomic mass is 35.5. The fourth-order valence-corrected chi connectivity index (χ4v) is 2.32. The summed E-state index contributed by atoms with van der Waals surface area (Å²) in [5, 5.41) is 12.1. The van der Waals surface area contributed by atoms with Crippen molar-refractivity contribution >= 4 is 17.5 Å². The van der Waals surface area contributed by atoms with Gasteiger partial charge >= 0.3 is 0 Å². The van der Waals surface area contributed by atoms with Gasteiger partial charge in [-0.15, -0.1) is 0 Å². The van der Waals surface area contributed by atoms with E-state index in [0.717, 1.165) is 13.0 Å². The maximum Gasteiger partial charge on any atom is 0.251 e. The molecule has 2 rings (SSSR count). The van der Waals surface area contributed by atoms with Crippen LogP contribution >= 0.6 is 11.6 Å². The van der Waals surface area contributed by atoms with Crippen LogP contribution in [0.2, 0.25) is 5.02 Å². The van der Waals surface area contributed by atoms with E-state index in [1.54, 1.807) is 18.2 Å². The molecular formula is C16H18ClNO2. The second kappa shape index (κ2) is 6.30. The van der Waals surface area contributed by atoms with E-state index in [2.05, 4.69) is 24.1 Å². The van der Waals surface area contributed by atoms with Crippen LogP contribution in [0.5, 0.6) is 0 Å². The van der Waals surface area contributed by atoms with Gasteiger partial charge < -0.3 is 10.4 Å². The van der Waals surface area contributed by atoms with E-state index in [-0.39, 0.29) is 12.5 Å². The monoisotopic (exact) mass is 291 g/mol. The van der Waals surface area contributed by atoms with Gasteiger partial charge in [0.1, 0.15) is 6.61 Å². The highest BCUT2D eigenvalue weighted by Crippen LogP contribution is 2.47. The van der Waals surface area contributed by atoms with Crippen molar-refractivity contribution in [2.24, 2.45) is 5.41 Å². The third kappa shape index (κ3) is 3.53. The summed E-state index contributed by atoms with van der Waals surface area (Å²) in [7, 11) is 0. The molecule has 0 spiro atoms. The van der Waals surface area contributed by atoms with Crippen molar-refractivity contribution in [1.29, 1.82) is 0 Å². The van der Waals surface area contributed by atoms with Crippen molar-refractivity contribution in [3.63, 3.8) is 0 Å². The predicted molar refractivity (Wildman–Crippen MR) is 79.7 cm³/mol. The van der Waals surface area contributed by atoms with Crippen molar-refractivity contribution in [2.75, 3.05) is 13.2 Å². The Morgan fingerprint density at radius 1 is 1.50 bits per heavy atom. The molecule has 1 saturated carbocycles. The molecule has 0 radical (unpaired) electrons. The molecule has 1 amide bonds. The first-order chi connectivity index (χ1) is 9.60. The smallest absolute Gasteiger partial charge is 0.251 e. The number of benzene rings is 1. The van der Waals surface area contributed by atoms with Gasteiger partial charge in [0.25, 0.3) is 5.91 Å². The normalized spacial score (nSPS) is 15.2. The van der Waals surface area contributed by atoms with Crippen molar-refractivity contribution in [2.45, 2.75) is 26.2 Å². The number of nitrogens with one attached hydrogen (secondary N) is 1. The average molecular weight is 292 g/mol. The molecule has 106 valence electrons. The molecule has 1 aromatic rings. The van der Waals surface area contributed by atoms with Crippen LogP contribution < -0.4 is 5.32 Å². The molecule has 0 saturated heterocycles. The van der Waals surface area contributed by atoms with Crippen LogP contribution in [0.15, 0.2) is 18.2 Å². The maximum absolute atomic E-state index is 12.1. The lowest BCUT2D eigenvalue weighted by Crippen LogP contribution is -2.29. The van der Waals surface area contributed by atoms with Crippen molar-refractivity contribution in [3.05, 3.63) is 34.3 Å². The Labute approximate surface area is 124 Å². The zero-order chi connectivity index (χ0) is 14.6. The molecular weight excluding hydrogens is 274 g/mol. The van der Waals surface area contributed by atoms with Crippen molar-refractivity contribution in [3.8, 4) is 11.8 Å². The van der Waals surface area contributed by atoms with Crippen molar-refractivity contribution in [1.82, 2.24) is 5.32 Å². The average Bonchev–Trinajstić information content (AvgIpc) is 3.24. The van der Waals surface area contributed by atoms with Gasteiger partial charge in [0, 0.05) is 17.7 Å². The summed E-state index contributed by atoms with van der Waals surface area (Å²) >= 11 is 6.07. The lowest BCUT2D eigenvalue weighted by Gasteiger charge is -2.13. The standard InChI is InChI=1S/C16H18ClNO2/c1-2-16(7-8-16)11-18-15(20)13-6-5-12(4-3-9-19)14(17)10-13/h5-6,10,19H,2,7-9,11H2,1H3,(H,18,20). The van der Waals surface area contributed by atoms with Gasteiger partial charge in [0.2, 0.25) is 0 Å². The summed E-state index contributed by atoms with van der Waals surface area (Å²) in [5.74, 6) is 5.17.